The number of H-pyrrole nitrogens is 4. The maximum atomic E-state index is 12.2. The van der Waals surface area contributed by atoms with Crippen molar-refractivity contribution in [2.24, 2.45) is 0 Å². The number of fused-ring (bicyclic) bond motifs is 8. The molecule has 0 amide bonds. The molecule has 0 fully saturated rings. The van der Waals surface area contributed by atoms with Crippen molar-refractivity contribution in [1.29, 1.82) is 0 Å². The van der Waals surface area contributed by atoms with Gasteiger partial charge in [0.25, 0.3) is 22.7 Å². The van der Waals surface area contributed by atoms with E-state index in [0.29, 0.717) is 67.8 Å². The van der Waals surface area contributed by atoms with Gasteiger partial charge in [-0.2, -0.15) is 0 Å². The largest absolute Gasteiger partial charge is 0.360 e. The number of non-ortho nitro benzene ring substituents is 4. The molecule has 4 aromatic carbocycles. The second-order valence-corrected chi connectivity index (χ2v) is 16.9. The van der Waals surface area contributed by atoms with Crippen molar-refractivity contribution in [3.05, 3.63) is 254 Å². The van der Waals surface area contributed by atoms with Crippen molar-refractivity contribution >= 4 is 22.7 Å². The SMILES string of the molecule is CC1(c2cccc([N+](=O)[O-])c2)c2ccc([nH]2)C(C)(c2cccc([N+](=O)[O-])c2)c2ccc([nH]2)C(C)(c2cccc([N+](=O)[O-])c2)c2ccc([nH]2)C(C)(c2cccc([N+](=O)[O-])c2)c2ccc1[nH]2. The molecule has 4 N–H and O–H groups in total. The first-order chi connectivity index (χ1) is 30.5. The lowest BCUT2D eigenvalue weighted by Crippen LogP contribution is -2.32. The lowest BCUT2D eigenvalue weighted by atomic mass is 9.76. The number of hydrogen-bond acceptors (Lipinski definition) is 8. The maximum absolute atomic E-state index is 12.2. The fraction of sp³-hybridized carbons (Fsp3) is 0.167. The molecule has 0 unspecified atom stereocenters. The zero-order valence-electron chi connectivity index (χ0n) is 34.9. The first-order valence-electron chi connectivity index (χ1n) is 20.3. The predicted molar refractivity (Wildman–Crippen MR) is 238 cm³/mol. The highest BCUT2D eigenvalue weighted by Gasteiger charge is 2.44. The summed E-state index contributed by atoms with van der Waals surface area (Å²) in [5, 5.41) is 48.9. The Kier molecular flexibility index (Phi) is 9.36. The van der Waals surface area contributed by atoms with E-state index in [1.807, 2.05) is 100 Å². The molecule has 9 rings (SSSR count). The number of nitrogens with zero attached hydrogens (tertiary/aromatic N) is 4. The normalized spacial score (nSPS) is 21.6. The monoisotopic (exact) mass is 856 g/mol. The van der Waals surface area contributed by atoms with Crippen LogP contribution >= 0.6 is 0 Å². The van der Waals surface area contributed by atoms with Crippen molar-refractivity contribution in [3.8, 4) is 0 Å². The lowest BCUT2D eigenvalue weighted by Gasteiger charge is -2.34. The molecule has 1 aliphatic rings. The first-order valence-corrected chi connectivity index (χ1v) is 20.3. The third-order valence-electron chi connectivity index (χ3n) is 13.6. The second-order valence-electron chi connectivity index (χ2n) is 16.9. The van der Waals surface area contributed by atoms with Crippen LogP contribution in [0.2, 0.25) is 0 Å². The van der Waals surface area contributed by atoms with Crippen molar-refractivity contribution in [1.82, 2.24) is 19.9 Å². The minimum atomic E-state index is -1.13. The number of nitro groups is 4. The average molecular weight is 857 g/mol. The standard InChI is InChI=1S/C48H40N8O8/c1-45(29-9-5-13-33(25-29)53(57)58)37-17-19-39(49-37)46(2,30-10-6-14-34(26-30)54(59)60)41-21-23-43(51-41)48(4,32-12-8-16-36(28-32)56(63)64)44-24-22-42(52-44)47(3,40-20-18-38(45)50-40)31-11-7-15-35(27-31)55(61)62/h5-28,49-52H,1-4H3. The van der Waals surface area contributed by atoms with E-state index in [2.05, 4.69) is 19.9 Å². The van der Waals surface area contributed by atoms with Crippen LogP contribution in [-0.4, -0.2) is 39.6 Å². The number of hydrogen-bond donors (Lipinski definition) is 4. The molecule has 16 heteroatoms. The molecular weight excluding hydrogens is 817 g/mol. The molecular formula is C48H40N8O8. The average Bonchev–Trinajstić information content (AvgIpc) is 4.16. The molecule has 5 heterocycles. The van der Waals surface area contributed by atoms with Gasteiger partial charge in [-0.15, -0.1) is 0 Å². The quantitative estimate of drug-likeness (QED) is 0.0845. The summed E-state index contributed by atoms with van der Waals surface area (Å²) >= 11 is 0. The van der Waals surface area contributed by atoms with Gasteiger partial charge in [0, 0.05) is 94.1 Å². The van der Waals surface area contributed by atoms with Crippen molar-refractivity contribution in [2.75, 3.05) is 0 Å². The van der Waals surface area contributed by atoms with Crippen LogP contribution < -0.4 is 0 Å². The van der Waals surface area contributed by atoms with E-state index in [0.717, 1.165) is 0 Å². The Morgan fingerprint density at radius 1 is 0.312 bits per heavy atom. The summed E-state index contributed by atoms with van der Waals surface area (Å²) in [6, 6.07) is 40.8. The van der Waals surface area contributed by atoms with E-state index in [9.17, 15) is 40.5 Å². The van der Waals surface area contributed by atoms with Gasteiger partial charge in [0.2, 0.25) is 0 Å². The Bertz CT molecular complexity index is 2690. The molecule has 16 nitrogen and oxygen atoms in total. The molecule has 0 saturated carbocycles. The van der Waals surface area contributed by atoms with Gasteiger partial charge in [0.05, 0.1) is 41.4 Å². The van der Waals surface area contributed by atoms with Gasteiger partial charge in [-0.05, 0) is 98.5 Å². The maximum Gasteiger partial charge on any atom is 0.269 e. The molecule has 4 aromatic heterocycles. The van der Waals surface area contributed by atoms with E-state index < -0.39 is 41.4 Å². The van der Waals surface area contributed by atoms with Crippen LogP contribution in [0.4, 0.5) is 22.7 Å². The zero-order chi connectivity index (χ0) is 45.3. The van der Waals surface area contributed by atoms with Crippen LogP contribution in [-0.2, 0) is 21.7 Å². The minimum absolute atomic E-state index is 0.114. The molecule has 8 bridgehead atoms. The van der Waals surface area contributed by atoms with Crippen molar-refractivity contribution < 1.29 is 19.7 Å². The van der Waals surface area contributed by atoms with E-state index in [1.165, 1.54) is 48.5 Å². The van der Waals surface area contributed by atoms with Crippen LogP contribution in [0.1, 0.15) is 95.5 Å². The Morgan fingerprint density at radius 2 is 0.484 bits per heavy atom. The summed E-state index contributed by atoms with van der Waals surface area (Å²) in [4.78, 5) is 61.8. The van der Waals surface area contributed by atoms with Gasteiger partial charge in [-0.3, -0.25) is 40.5 Å². The van der Waals surface area contributed by atoms with E-state index in [-0.39, 0.29) is 22.7 Å². The molecule has 64 heavy (non-hydrogen) atoms. The van der Waals surface area contributed by atoms with Crippen LogP contribution in [0.25, 0.3) is 0 Å². The van der Waals surface area contributed by atoms with Gasteiger partial charge in [-0.1, -0.05) is 48.5 Å². The molecule has 0 atom stereocenters. The molecule has 0 radical (unpaired) electrons. The van der Waals surface area contributed by atoms with Crippen LogP contribution in [0.3, 0.4) is 0 Å². The van der Waals surface area contributed by atoms with Crippen LogP contribution in [0.5, 0.6) is 0 Å². The number of aromatic amines is 4. The highest BCUT2D eigenvalue weighted by atomic mass is 16.6. The summed E-state index contributed by atoms with van der Waals surface area (Å²) in [6.45, 7) is 7.78. The highest BCUT2D eigenvalue weighted by Crippen LogP contribution is 2.48. The van der Waals surface area contributed by atoms with E-state index in [1.54, 1.807) is 24.3 Å². The Balaban J connectivity index is 1.40. The van der Waals surface area contributed by atoms with Crippen LogP contribution in [0, 0.1) is 40.5 Å². The number of rotatable bonds is 8. The Morgan fingerprint density at radius 3 is 0.641 bits per heavy atom. The molecule has 8 aromatic rings. The molecule has 0 saturated heterocycles. The second kappa shape index (κ2) is 14.6. The smallest absolute Gasteiger partial charge is 0.269 e. The third kappa shape index (κ3) is 6.13. The molecule has 0 aliphatic carbocycles. The lowest BCUT2D eigenvalue weighted by molar-refractivity contribution is -0.385. The fourth-order valence-corrected chi connectivity index (χ4v) is 9.46. The third-order valence-corrected chi connectivity index (χ3v) is 13.6. The summed E-state index contributed by atoms with van der Waals surface area (Å²) in [5.41, 5.74) is 2.40. The Hall–Kier alpha value is -8.40. The molecule has 1 aliphatic heterocycles. The van der Waals surface area contributed by atoms with Gasteiger partial charge in [0.15, 0.2) is 0 Å². The molecule has 0 spiro atoms. The minimum Gasteiger partial charge on any atom is -0.360 e. The summed E-state index contributed by atoms with van der Waals surface area (Å²) in [6.07, 6.45) is 0. The van der Waals surface area contributed by atoms with Gasteiger partial charge in [0.1, 0.15) is 0 Å². The zero-order valence-corrected chi connectivity index (χ0v) is 34.9. The number of nitrogens with one attached hydrogen (secondary N) is 4. The topological polar surface area (TPSA) is 236 Å². The van der Waals surface area contributed by atoms with Gasteiger partial charge in [-0.25, -0.2) is 0 Å². The van der Waals surface area contributed by atoms with Crippen molar-refractivity contribution in [3.63, 3.8) is 0 Å². The summed E-state index contributed by atoms with van der Waals surface area (Å²) in [7, 11) is 0. The summed E-state index contributed by atoms with van der Waals surface area (Å²) < 4.78 is 0. The fourth-order valence-electron chi connectivity index (χ4n) is 9.46. The number of aromatic nitrogens is 4. The van der Waals surface area contributed by atoms with Crippen molar-refractivity contribution in [2.45, 2.75) is 49.4 Å². The number of benzene rings is 4. The summed E-state index contributed by atoms with van der Waals surface area (Å²) in [5.74, 6) is 0. The number of nitro benzene ring substituents is 4. The Labute approximate surface area is 364 Å². The van der Waals surface area contributed by atoms with E-state index in [4.69, 9.17) is 0 Å². The van der Waals surface area contributed by atoms with Gasteiger partial charge >= 0.3 is 0 Å². The molecule has 320 valence electrons. The van der Waals surface area contributed by atoms with Crippen LogP contribution in [0.15, 0.2) is 146 Å². The highest BCUT2D eigenvalue weighted by molar-refractivity contribution is 5.58. The van der Waals surface area contributed by atoms with Gasteiger partial charge < -0.3 is 19.9 Å². The van der Waals surface area contributed by atoms with E-state index >= 15 is 0 Å². The first kappa shape index (κ1) is 41.0. The predicted octanol–water partition coefficient (Wildman–Crippen LogP) is 10.4.